The number of aliphatic hydroxyl groups is 1. The molecule has 2 atom stereocenters. The Labute approximate surface area is 145 Å². The molecule has 130 valence electrons. The van der Waals surface area contributed by atoms with Gasteiger partial charge in [0, 0.05) is 0 Å². The predicted molar refractivity (Wildman–Crippen MR) is 95.8 cm³/mol. The SMILES string of the molecule is CCC(O)C(OCC(=O)O)Oc1ccc2cc3ccccc3cc2c1. The molecule has 0 aliphatic rings. The van der Waals surface area contributed by atoms with Crippen LogP contribution in [0, 0.1) is 0 Å². The van der Waals surface area contributed by atoms with Gasteiger partial charge in [-0.15, -0.1) is 0 Å². The van der Waals surface area contributed by atoms with Gasteiger partial charge in [-0.1, -0.05) is 37.3 Å². The van der Waals surface area contributed by atoms with Gasteiger partial charge in [0.1, 0.15) is 18.5 Å². The molecule has 5 heteroatoms. The lowest BCUT2D eigenvalue weighted by Crippen LogP contribution is -2.35. The average molecular weight is 340 g/mol. The van der Waals surface area contributed by atoms with Crippen molar-refractivity contribution in [3.8, 4) is 5.75 Å². The minimum Gasteiger partial charge on any atom is -0.480 e. The molecule has 2 unspecified atom stereocenters. The summed E-state index contributed by atoms with van der Waals surface area (Å²) in [6.45, 7) is 1.25. The molecule has 0 spiro atoms. The van der Waals surface area contributed by atoms with Crippen molar-refractivity contribution in [1.29, 1.82) is 0 Å². The number of aliphatic hydroxyl groups excluding tert-OH is 1. The maximum Gasteiger partial charge on any atom is 0.329 e. The van der Waals surface area contributed by atoms with Crippen LogP contribution in [0.4, 0.5) is 0 Å². The fourth-order valence-corrected chi connectivity index (χ4v) is 2.70. The molecule has 2 N–H and O–H groups in total. The number of hydrogen-bond acceptors (Lipinski definition) is 4. The first-order valence-electron chi connectivity index (χ1n) is 8.17. The predicted octanol–water partition coefficient (Wildman–Crippen LogP) is 3.57. The quantitative estimate of drug-likeness (QED) is 0.508. The van der Waals surface area contributed by atoms with Gasteiger partial charge >= 0.3 is 5.97 Å². The first kappa shape index (κ1) is 17.2. The lowest BCUT2D eigenvalue weighted by atomic mass is 10.0. The fourth-order valence-electron chi connectivity index (χ4n) is 2.70. The van der Waals surface area contributed by atoms with E-state index in [1.165, 1.54) is 0 Å². The van der Waals surface area contributed by atoms with Gasteiger partial charge in [-0.05, 0) is 52.2 Å². The Morgan fingerprint density at radius 1 is 1.00 bits per heavy atom. The fraction of sp³-hybridized carbons (Fsp3) is 0.250. The van der Waals surface area contributed by atoms with Gasteiger partial charge in [-0.3, -0.25) is 0 Å². The Kier molecular flexibility index (Phi) is 5.16. The highest BCUT2D eigenvalue weighted by atomic mass is 16.7. The number of fused-ring (bicyclic) bond motifs is 2. The van der Waals surface area contributed by atoms with Crippen molar-refractivity contribution in [3.63, 3.8) is 0 Å². The van der Waals surface area contributed by atoms with Gasteiger partial charge in [-0.2, -0.15) is 0 Å². The lowest BCUT2D eigenvalue weighted by molar-refractivity contribution is -0.169. The maximum absolute atomic E-state index is 10.7. The van der Waals surface area contributed by atoms with E-state index in [1.807, 2.05) is 30.3 Å². The summed E-state index contributed by atoms with van der Waals surface area (Å²) < 4.78 is 10.9. The van der Waals surface area contributed by atoms with Crippen molar-refractivity contribution in [2.24, 2.45) is 0 Å². The van der Waals surface area contributed by atoms with Crippen LogP contribution in [0.25, 0.3) is 21.5 Å². The van der Waals surface area contributed by atoms with Gasteiger partial charge < -0.3 is 19.7 Å². The Morgan fingerprint density at radius 3 is 2.28 bits per heavy atom. The van der Waals surface area contributed by atoms with Gasteiger partial charge in [0.15, 0.2) is 0 Å². The summed E-state index contributed by atoms with van der Waals surface area (Å²) in [5, 5.41) is 23.1. The second-order valence-electron chi connectivity index (χ2n) is 5.87. The van der Waals surface area contributed by atoms with Crippen molar-refractivity contribution >= 4 is 27.5 Å². The third kappa shape index (κ3) is 4.07. The monoisotopic (exact) mass is 340 g/mol. The van der Waals surface area contributed by atoms with Crippen LogP contribution < -0.4 is 4.74 Å². The molecule has 0 saturated carbocycles. The van der Waals surface area contributed by atoms with Crippen LogP contribution in [0.2, 0.25) is 0 Å². The van der Waals surface area contributed by atoms with E-state index in [1.54, 1.807) is 13.0 Å². The van der Waals surface area contributed by atoms with Crippen LogP contribution in [-0.4, -0.2) is 35.2 Å². The Balaban J connectivity index is 1.88. The number of carbonyl (C=O) groups is 1. The zero-order valence-electron chi connectivity index (χ0n) is 13.9. The normalized spacial score (nSPS) is 13.7. The van der Waals surface area contributed by atoms with Crippen LogP contribution >= 0.6 is 0 Å². The van der Waals surface area contributed by atoms with E-state index in [0.29, 0.717) is 12.2 Å². The Bertz CT molecular complexity index is 890. The number of benzene rings is 3. The Morgan fingerprint density at radius 2 is 1.64 bits per heavy atom. The number of carboxylic acids is 1. The van der Waals surface area contributed by atoms with Gasteiger partial charge in [-0.25, -0.2) is 4.79 Å². The molecule has 0 radical (unpaired) electrons. The lowest BCUT2D eigenvalue weighted by Gasteiger charge is -2.23. The van der Waals surface area contributed by atoms with Gasteiger partial charge in [0.25, 0.3) is 0 Å². The van der Waals surface area contributed by atoms with E-state index in [4.69, 9.17) is 14.6 Å². The number of ether oxygens (including phenoxy) is 2. The summed E-state index contributed by atoms with van der Waals surface area (Å²) in [6.07, 6.45) is -1.55. The van der Waals surface area contributed by atoms with Crippen LogP contribution in [0.15, 0.2) is 54.6 Å². The zero-order chi connectivity index (χ0) is 17.8. The van der Waals surface area contributed by atoms with E-state index in [9.17, 15) is 9.90 Å². The second-order valence-corrected chi connectivity index (χ2v) is 5.87. The van der Waals surface area contributed by atoms with E-state index in [-0.39, 0.29) is 0 Å². The maximum atomic E-state index is 10.7. The molecule has 3 aromatic carbocycles. The highest BCUT2D eigenvalue weighted by molar-refractivity contribution is 5.98. The molecule has 3 aromatic rings. The van der Waals surface area contributed by atoms with Crippen molar-refractivity contribution in [1.82, 2.24) is 0 Å². The second kappa shape index (κ2) is 7.51. The molecule has 0 bridgehead atoms. The van der Waals surface area contributed by atoms with E-state index < -0.39 is 25.0 Å². The van der Waals surface area contributed by atoms with Crippen LogP contribution in [0.3, 0.4) is 0 Å². The molecule has 0 aromatic heterocycles. The summed E-state index contributed by atoms with van der Waals surface area (Å²) in [7, 11) is 0. The number of carboxylic acid groups (broad SMARTS) is 1. The molecule has 25 heavy (non-hydrogen) atoms. The van der Waals surface area contributed by atoms with Gasteiger partial charge in [0.05, 0.1) is 0 Å². The van der Waals surface area contributed by atoms with Gasteiger partial charge in [0.2, 0.25) is 6.29 Å². The number of hydrogen-bond donors (Lipinski definition) is 2. The highest BCUT2D eigenvalue weighted by Gasteiger charge is 2.21. The topological polar surface area (TPSA) is 76.0 Å². The molecule has 0 aliphatic carbocycles. The Hall–Kier alpha value is -2.63. The average Bonchev–Trinajstić information content (AvgIpc) is 2.62. The van der Waals surface area contributed by atoms with Crippen LogP contribution in [0.1, 0.15) is 13.3 Å². The minimum atomic E-state index is -1.11. The van der Waals surface area contributed by atoms with Crippen molar-refractivity contribution < 1.29 is 24.5 Å². The van der Waals surface area contributed by atoms with Crippen LogP contribution in [0.5, 0.6) is 5.75 Å². The third-order valence-electron chi connectivity index (χ3n) is 4.03. The molecular weight excluding hydrogens is 320 g/mol. The van der Waals surface area contributed by atoms with Crippen molar-refractivity contribution in [2.45, 2.75) is 25.7 Å². The molecule has 0 saturated heterocycles. The van der Waals surface area contributed by atoms with E-state index in [0.717, 1.165) is 21.5 Å². The summed E-state index contributed by atoms with van der Waals surface area (Å²) >= 11 is 0. The van der Waals surface area contributed by atoms with Crippen molar-refractivity contribution in [2.75, 3.05) is 6.61 Å². The molecule has 3 rings (SSSR count). The summed E-state index contributed by atoms with van der Waals surface area (Å²) in [5.41, 5.74) is 0. The van der Waals surface area contributed by atoms with Crippen LogP contribution in [-0.2, 0) is 9.53 Å². The zero-order valence-corrected chi connectivity index (χ0v) is 13.9. The van der Waals surface area contributed by atoms with E-state index in [2.05, 4.69) is 18.2 Å². The smallest absolute Gasteiger partial charge is 0.329 e. The molecule has 0 aliphatic heterocycles. The molecular formula is C20H20O5. The first-order valence-corrected chi connectivity index (χ1v) is 8.17. The molecule has 5 nitrogen and oxygen atoms in total. The molecule has 0 heterocycles. The summed E-state index contributed by atoms with van der Waals surface area (Å²) in [4.78, 5) is 10.7. The minimum absolute atomic E-state index is 0.391. The standard InChI is InChI=1S/C20H20O5/c1-2-18(21)20(24-12-19(22)23)25-17-8-7-15-9-13-5-3-4-6-14(13)10-16(15)11-17/h3-11,18,20-21H,2,12H2,1H3,(H,22,23). The summed E-state index contributed by atoms with van der Waals surface area (Å²) in [5.74, 6) is -0.590. The molecule has 0 fully saturated rings. The third-order valence-corrected chi connectivity index (χ3v) is 4.03. The largest absolute Gasteiger partial charge is 0.480 e. The van der Waals surface area contributed by atoms with Crippen molar-refractivity contribution in [3.05, 3.63) is 54.6 Å². The number of aliphatic carboxylic acids is 1. The first-order chi connectivity index (χ1) is 12.1. The summed E-state index contributed by atoms with van der Waals surface area (Å²) in [6, 6.07) is 17.9. The molecule has 0 amide bonds. The number of rotatable bonds is 7. The van der Waals surface area contributed by atoms with E-state index >= 15 is 0 Å². The highest BCUT2D eigenvalue weighted by Crippen LogP contribution is 2.27.